The van der Waals surface area contributed by atoms with Crippen LogP contribution in [0.2, 0.25) is 0 Å². The van der Waals surface area contributed by atoms with Crippen LogP contribution in [0.15, 0.2) is 18.2 Å². The van der Waals surface area contributed by atoms with Gasteiger partial charge in [0.15, 0.2) is 5.82 Å². The number of imidazole rings is 1. The number of carboxylic acids is 1. The molecule has 2 aromatic heterocycles. The number of hydrogen-bond donors (Lipinski definition) is 6. The molecule has 49 heavy (non-hydrogen) atoms. The summed E-state index contributed by atoms with van der Waals surface area (Å²) in [4.78, 5) is 49.3. The minimum absolute atomic E-state index is 0.0751. The van der Waals surface area contributed by atoms with E-state index in [1.54, 1.807) is 27.7 Å². The van der Waals surface area contributed by atoms with E-state index in [-0.39, 0.29) is 32.6 Å². The summed E-state index contributed by atoms with van der Waals surface area (Å²) in [7, 11) is -4.57. The Morgan fingerprint density at radius 2 is 1.69 bits per heavy atom. The van der Waals surface area contributed by atoms with Gasteiger partial charge in [0.05, 0.1) is 30.7 Å². The van der Waals surface area contributed by atoms with Crippen molar-refractivity contribution >= 4 is 55.7 Å². The number of amides is 2. The van der Waals surface area contributed by atoms with Gasteiger partial charge >= 0.3 is 5.97 Å². The number of H-pyrrole nitrogens is 1. The standard InChI is InChI=1S/C34H52N6O8S/c1-6-7-12-26-39-29-23-14-13-22(16-24(23)38-31(35)30(29)40-26)11-9-8-10-15-36-32(44)25(19-49(45,46)47)37-27(41)17-33(2,3)20-48-21-34(4,5)18-28(42)43/h13-14,16,25H,6-12,15,17-21H2,1-5H3,(H2,35,38)(H,36,44)(H,37,41)(H,39,40)(H,42,43)(H,45,46,47)/t25-/m0/s1. The Bertz CT molecular complexity index is 1720. The molecule has 0 spiro atoms. The van der Waals surface area contributed by atoms with Crippen molar-refractivity contribution in [2.24, 2.45) is 10.8 Å². The molecular formula is C34H52N6O8S. The molecule has 272 valence electrons. The molecule has 0 saturated heterocycles. The highest BCUT2D eigenvalue weighted by Crippen LogP contribution is 2.28. The summed E-state index contributed by atoms with van der Waals surface area (Å²) in [6.07, 6.45) is 5.81. The number of benzene rings is 1. The number of fused-ring (bicyclic) bond motifs is 3. The maximum atomic E-state index is 12.8. The molecule has 0 saturated carbocycles. The molecule has 0 unspecified atom stereocenters. The van der Waals surface area contributed by atoms with E-state index in [9.17, 15) is 27.4 Å². The lowest BCUT2D eigenvalue weighted by atomic mass is 9.88. The molecule has 3 rings (SSSR count). The molecule has 1 atom stereocenters. The highest BCUT2D eigenvalue weighted by Gasteiger charge is 2.30. The second-order valence-corrected chi connectivity index (χ2v) is 15.9. The summed E-state index contributed by atoms with van der Waals surface area (Å²) in [6, 6.07) is 4.64. The van der Waals surface area contributed by atoms with Gasteiger partial charge in [0.25, 0.3) is 10.1 Å². The van der Waals surface area contributed by atoms with Crippen LogP contribution in [0.5, 0.6) is 0 Å². The average Bonchev–Trinajstić information content (AvgIpc) is 3.40. The molecular weight excluding hydrogens is 652 g/mol. The summed E-state index contributed by atoms with van der Waals surface area (Å²) in [5, 5.41) is 15.1. The van der Waals surface area contributed by atoms with Gasteiger partial charge < -0.3 is 31.2 Å². The van der Waals surface area contributed by atoms with Gasteiger partial charge in [-0.1, -0.05) is 59.6 Å². The molecule has 2 amide bonds. The van der Waals surface area contributed by atoms with Gasteiger partial charge in [-0.25, -0.2) is 9.97 Å². The number of pyridine rings is 1. The van der Waals surface area contributed by atoms with Crippen LogP contribution in [0.1, 0.15) is 91.0 Å². The third-order valence-corrected chi connectivity index (χ3v) is 8.81. The molecule has 7 N–H and O–H groups in total. The Morgan fingerprint density at radius 3 is 2.35 bits per heavy atom. The molecule has 3 aromatic rings. The highest BCUT2D eigenvalue weighted by molar-refractivity contribution is 7.85. The number of nitrogen functional groups attached to an aromatic ring is 1. The zero-order valence-electron chi connectivity index (χ0n) is 29.2. The summed E-state index contributed by atoms with van der Waals surface area (Å²) in [5.41, 5.74) is 8.41. The number of unbranched alkanes of at least 4 members (excludes halogenated alkanes) is 3. The van der Waals surface area contributed by atoms with Crippen molar-refractivity contribution in [1.29, 1.82) is 0 Å². The number of carboxylic acid groups (broad SMARTS) is 1. The molecule has 0 aliphatic heterocycles. The van der Waals surface area contributed by atoms with E-state index in [2.05, 4.69) is 38.6 Å². The minimum Gasteiger partial charge on any atom is -0.481 e. The number of aromatic amines is 1. The number of ether oxygens (including phenoxy) is 1. The second-order valence-electron chi connectivity index (χ2n) is 14.4. The molecule has 0 aliphatic rings. The van der Waals surface area contributed by atoms with E-state index in [1.165, 1.54) is 0 Å². The Morgan fingerprint density at radius 1 is 1.00 bits per heavy atom. The van der Waals surface area contributed by atoms with Gasteiger partial charge in [-0.15, -0.1) is 0 Å². The van der Waals surface area contributed by atoms with E-state index in [1.807, 2.05) is 12.1 Å². The summed E-state index contributed by atoms with van der Waals surface area (Å²) < 4.78 is 38.4. The third kappa shape index (κ3) is 13.2. The lowest BCUT2D eigenvalue weighted by Crippen LogP contribution is -2.51. The van der Waals surface area contributed by atoms with Crippen LogP contribution in [-0.4, -0.2) is 82.4 Å². The van der Waals surface area contributed by atoms with Crippen molar-refractivity contribution in [3.05, 3.63) is 29.6 Å². The maximum absolute atomic E-state index is 12.8. The van der Waals surface area contributed by atoms with Gasteiger partial charge in [-0.3, -0.25) is 18.9 Å². The first-order valence-corrected chi connectivity index (χ1v) is 18.4. The van der Waals surface area contributed by atoms with Crippen LogP contribution < -0.4 is 16.4 Å². The topological polar surface area (TPSA) is 227 Å². The monoisotopic (exact) mass is 704 g/mol. The molecule has 0 aliphatic carbocycles. The van der Waals surface area contributed by atoms with Crippen LogP contribution in [0, 0.1) is 10.8 Å². The number of nitrogens with two attached hydrogens (primary N) is 1. The van der Waals surface area contributed by atoms with Crippen molar-refractivity contribution in [3.63, 3.8) is 0 Å². The predicted molar refractivity (Wildman–Crippen MR) is 189 cm³/mol. The van der Waals surface area contributed by atoms with E-state index in [0.29, 0.717) is 17.8 Å². The first-order valence-electron chi connectivity index (χ1n) is 16.8. The minimum atomic E-state index is -4.57. The first-order chi connectivity index (χ1) is 22.9. The van der Waals surface area contributed by atoms with Gasteiger partial charge in [0.1, 0.15) is 23.1 Å². The van der Waals surface area contributed by atoms with Gasteiger partial charge in [-0.05, 0) is 48.1 Å². The zero-order valence-corrected chi connectivity index (χ0v) is 30.0. The van der Waals surface area contributed by atoms with Crippen molar-refractivity contribution in [2.45, 2.75) is 98.4 Å². The number of carbonyl (C=O) groups is 3. The fourth-order valence-electron chi connectivity index (χ4n) is 5.64. The first kappa shape index (κ1) is 39.6. The van der Waals surface area contributed by atoms with Gasteiger partial charge in [-0.2, -0.15) is 8.42 Å². The number of aliphatic carboxylic acids is 1. The van der Waals surface area contributed by atoms with Gasteiger partial charge in [0.2, 0.25) is 11.8 Å². The van der Waals surface area contributed by atoms with E-state index < -0.39 is 50.5 Å². The number of aryl methyl sites for hydroxylation is 2. The van der Waals surface area contributed by atoms with Crippen LogP contribution in [0.25, 0.3) is 21.9 Å². The molecule has 14 nitrogen and oxygen atoms in total. The number of rotatable bonds is 21. The molecule has 0 bridgehead atoms. The second kappa shape index (κ2) is 17.2. The Labute approximate surface area is 288 Å². The number of hydrogen-bond acceptors (Lipinski definition) is 9. The lowest BCUT2D eigenvalue weighted by molar-refractivity contribution is -0.140. The summed E-state index contributed by atoms with van der Waals surface area (Å²) >= 11 is 0. The number of aromatic nitrogens is 3. The maximum Gasteiger partial charge on any atom is 0.303 e. The molecule has 0 radical (unpaired) electrons. The fraction of sp³-hybridized carbons (Fsp3) is 0.618. The Hall–Kier alpha value is -3.82. The van der Waals surface area contributed by atoms with Gasteiger partial charge in [0, 0.05) is 24.8 Å². The Kier molecular flexibility index (Phi) is 13.9. The molecule has 0 fully saturated rings. The summed E-state index contributed by atoms with van der Waals surface area (Å²) in [5.74, 6) is -1.90. The highest BCUT2D eigenvalue weighted by atomic mass is 32.2. The zero-order chi connectivity index (χ0) is 36.4. The average molecular weight is 705 g/mol. The number of nitrogens with zero attached hydrogens (tertiary/aromatic N) is 2. The van der Waals surface area contributed by atoms with Crippen molar-refractivity contribution < 1.29 is 37.2 Å². The van der Waals surface area contributed by atoms with Crippen molar-refractivity contribution in [1.82, 2.24) is 25.6 Å². The quantitative estimate of drug-likeness (QED) is 0.0681. The van der Waals surface area contributed by atoms with Crippen molar-refractivity contribution in [3.8, 4) is 0 Å². The van der Waals surface area contributed by atoms with E-state index in [4.69, 9.17) is 15.6 Å². The van der Waals surface area contributed by atoms with Crippen LogP contribution in [-0.2, 0) is 42.1 Å². The largest absolute Gasteiger partial charge is 0.481 e. The number of nitrogens with one attached hydrogen (secondary N) is 3. The number of anilines is 1. The van der Waals surface area contributed by atoms with Crippen LogP contribution in [0.4, 0.5) is 5.82 Å². The normalized spacial score (nSPS) is 13.1. The lowest BCUT2D eigenvalue weighted by Gasteiger charge is -2.28. The van der Waals surface area contributed by atoms with E-state index >= 15 is 0 Å². The molecule has 15 heteroatoms. The number of carbonyl (C=O) groups excluding carboxylic acids is 2. The van der Waals surface area contributed by atoms with Crippen molar-refractivity contribution in [2.75, 3.05) is 31.2 Å². The third-order valence-electron chi connectivity index (χ3n) is 8.06. The van der Waals surface area contributed by atoms with Crippen LogP contribution >= 0.6 is 0 Å². The fourth-order valence-corrected chi connectivity index (χ4v) is 6.29. The summed E-state index contributed by atoms with van der Waals surface area (Å²) in [6.45, 7) is 9.76. The Balaban J connectivity index is 1.47. The SMILES string of the molecule is CCCCc1nc2c(N)nc3cc(CCCCCNC(=O)[C@H](CS(=O)(=O)O)NC(=O)CC(C)(C)COCC(C)(C)CC(=O)O)ccc3c2[nH]1. The smallest absolute Gasteiger partial charge is 0.303 e. The molecule has 1 aromatic carbocycles. The van der Waals surface area contributed by atoms with E-state index in [0.717, 1.165) is 66.3 Å². The molecule has 2 heterocycles. The predicted octanol–water partition coefficient (Wildman–Crippen LogP) is 4.17. The van der Waals surface area contributed by atoms with Crippen LogP contribution in [0.3, 0.4) is 0 Å².